The van der Waals surface area contributed by atoms with Crippen molar-refractivity contribution < 1.29 is 9.59 Å². The molecule has 1 aromatic heterocycles. The van der Waals surface area contributed by atoms with E-state index in [1.807, 2.05) is 35.2 Å². The van der Waals surface area contributed by atoms with Crippen molar-refractivity contribution in [3.05, 3.63) is 72.1 Å². The predicted octanol–water partition coefficient (Wildman–Crippen LogP) is 2.37. The smallest absolute Gasteiger partial charge is 0.244 e. The molecule has 2 heterocycles. The average Bonchev–Trinajstić information content (AvgIpc) is 3.38. The highest BCUT2D eigenvalue weighted by atomic mass is 16.2. The van der Waals surface area contributed by atoms with Gasteiger partial charge in [0.05, 0.1) is 6.04 Å². The minimum absolute atomic E-state index is 0.120. The van der Waals surface area contributed by atoms with Gasteiger partial charge in [0, 0.05) is 43.4 Å². The second-order valence-electron chi connectivity index (χ2n) is 6.90. The molecule has 2 amide bonds. The molecule has 5 heteroatoms. The van der Waals surface area contributed by atoms with E-state index in [0.717, 1.165) is 12.0 Å². The molecule has 2 fully saturated rings. The van der Waals surface area contributed by atoms with E-state index in [9.17, 15) is 9.59 Å². The number of hydrogen-bond acceptors (Lipinski definition) is 3. The number of likely N-dealkylation sites (tertiary alicyclic amines) is 1. The Kier molecular flexibility index (Phi) is 4.52. The molecule has 0 bridgehead atoms. The number of amides is 2. The number of nitrogens with one attached hydrogen (secondary N) is 1. The Bertz CT molecular complexity index is 820. The summed E-state index contributed by atoms with van der Waals surface area (Å²) < 4.78 is 0. The zero-order valence-electron chi connectivity index (χ0n) is 14.4. The standard InChI is InChI=1S/C21H21N3O2/c25-20(9-8-15-5-4-10-22-13-15)23-17-11-21(26)24(14-17)19-12-18(19)16-6-2-1-3-7-16/h1-10,13,17-19H,11-12,14H2,(H,23,25)/b9-8+/t17-,18-,19+/m1/s1. The highest BCUT2D eigenvalue weighted by Crippen LogP contribution is 2.45. The summed E-state index contributed by atoms with van der Waals surface area (Å²) in [7, 11) is 0. The zero-order chi connectivity index (χ0) is 17.9. The monoisotopic (exact) mass is 347 g/mol. The molecule has 3 atom stereocenters. The molecular weight excluding hydrogens is 326 g/mol. The second-order valence-corrected chi connectivity index (χ2v) is 6.90. The van der Waals surface area contributed by atoms with Crippen LogP contribution < -0.4 is 5.32 Å². The SMILES string of the molecule is O=C(/C=C/c1cccnc1)N[C@@H]1CC(=O)N([C@H]2C[C@@H]2c2ccccc2)C1. The predicted molar refractivity (Wildman–Crippen MR) is 99.1 cm³/mol. The van der Waals surface area contributed by atoms with E-state index >= 15 is 0 Å². The van der Waals surface area contributed by atoms with Crippen LogP contribution >= 0.6 is 0 Å². The van der Waals surface area contributed by atoms with Crippen LogP contribution in [0.2, 0.25) is 0 Å². The van der Waals surface area contributed by atoms with E-state index in [-0.39, 0.29) is 23.9 Å². The van der Waals surface area contributed by atoms with Gasteiger partial charge in [0.15, 0.2) is 0 Å². The van der Waals surface area contributed by atoms with Crippen molar-refractivity contribution in [2.45, 2.75) is 30.8 Å². The van der Waals surface area contributed by atoms with Gasteiger partial charge in [-0.1, -0.05) is 36.4 Å². The Morgan fingerprint density at radius 1 is 1.19 bits per heavy atom. The van der Waals surface area contributed by atoms with Crippen LogP contribution in [0.25, 0.3) is 6.08 Å². The van der Waals surface area contributed by atoms with Gasteiger partial charge >= 0.3 is 0 Å². The average molecular weight is 347 g/mol. The Labute approximate surface area is 152 Å². The van der Waals surface area contributed by atoms with Gasteiger partial charge in [-0.2, -0.15) is 0 Å². The van der Waals surface area contributed by atoms with Crippen molar-refractivity contribution in [3.8, 4) is 0 Å². The zero-order valence-corrected chi connectivity index (χ0v) is 14.4. The molecule has 1 saturated carbocycles. The van der Waals surface area contributed by atoms with Crippen molar-refractivity contribution in [1.82, 2.24) is 15.2 Å². The van der Waals surface area contributed by atoms with Crippen molar-refractivity contribution in [2.24, 2.45) is 0 Å². The van der Waals surface area contributed by atoms with E-state index in [1.165, 1.54) is 11.6 Å². The Hall–Kier alpha value is -2.95. The Morgan fingerprint density at radius 2 is 2.04 bits per heavy atom. The fourth-order valence-corrected chi connectivity index (χ4v) is 3.63. The number of hydrogen-bond donors (Lipinski definition) is 1. The van der Waals surface area contributed by atoms with Crippen molar-refractivity contribution in [2.75, 3.05) is 6.54 Å². The maximum absolute atomic E-state index is 12.4. The molecule has 1 saturated heterocycles. The molecule has 1 N–H and O–H groups in total. The molecule has 2 aromatic rings. The van der Waals surface area contributed by atoms with Gasteiger partial charge in [0.1, 0.15) is 0 Å². The van der Waals surface area contributed by atoms with E-state index in [1.54, 1.807) is 18.5 Å². The summed E-state index contributed by atoms with van der Waals surface area (Å²) in [6.45, 7) is 0.597. The molecule has 0 radical (unpaired) electrons. The van der Waals surface area contributed by atoms with E-state index in [0.29, 0.717) is 18.9 Å². The van der Waals surface area contributed by atoms with Gasteiger partial charge in [-0.3, -0.25) is 14.6 Å². The number of nitrogens with zero attached hydrogens (tertiary/aromatic N) is 2. The summed E-state index contributed by atoms with van der Waals surface area (Å²) in [5.74, 6) is 0.388. The van der Waals surface area contributed by atoms with Crippen molar-refractivity contribution in [3.63, 3.8) is 0 Å². The van der Waals surface area contributed by atoms with Gasteiger partial charge in [0.2, 0.25) is 11.8 Å². The molecule has 26 heavy (non-hydrogen) atoms. The first-order chi connectivity index (χ1) is 12.7. The second kappa shape index (κ2) is 7.12. The maximum atomic E-state index is 12.4. The normalized spacial score (nSPS) is 24.8. The minimum atomic E-state index is -0.177. The molecule has 4 rings (SSSR count). The largest absolute Gasteiger partial charge is 0.348 e. The first-order valence-corrected chi connectivity index (χ1v) is 8.94. The quantitative estimate of drug-likeness (QED) is 0.845. The van der Waals surface area contributed by atoms with Gasteiger partial charge in [-0.25, -0.2) is 0 Å². The van der Waals surface area contributed by atoms with Crippen LogP contribution in [0.1, 0.15) is 29.9 Å². The summed E-state index contributed by atoms with van der Waals surface area (Å²) in [6.07, 6.45) is 8.00. The first kappa shape index (κ1) is 16.5. The third-order valence-electron chi connectivity index (χ3n) is 5.00. The summed E-state index contributed by atoms with van der Waals surface area (Å²) in [5.41, 5.74) is 2.16. The molecule has 132 valence electrons. The lowest BCUT2D eigenvalue weighted by atomic mass is 10.1. The molecule has 5 nitrogen and oxygen atoms in total. The number of pyridine rings is 1. The van der Waals surface area contributed by atoms with Crippen molar-refractivity contribution >= 4 is 17.9 Å². The van der Waals surface area contributed by atoms with Gasteiger partial charge in [-0.05, 0) is 29.7 Å². The number of benzene rings is 1. The third-order valence-corrected chi connectivity index (χ3v) is 5.00. The molecule has 1 aliphatic heterocycles. The van der Waals surface area contributed by atoms with Crippen LogP contribution in [0.4, 0.5) is 0 Å². The van der Waals surface area contributed by atoms with Crippen molar-refractivity contribution in [1.29, 1.82) is 0 Å². The third kappa shape index (κ3) is 3.67. The van der Waals surface area contributed by atoms with Crippen LogP contribution in [-0.4, -0.2) is 40.3 Å². The fraction of sp³-hybridized carbons (Fsp3) is 0.286. The van der Waals surface area contributed by atoms with Gasteiger partial charge < -0.3 is 10.2 Å². The lowest BCUT2D eigenvalue weighted by Gasteiger charge is -2.17. The van der Waals surface area contributed by atoms with Crippen LogP contribution in [0, 0.1) is 0 Å². The lowest BCUT2D eigenvalue weighted by molar-refractivity contribution is -0.128. The summed E-state index contributed by atoms with van der Waals surface area (Å²) >= 11 is 0. The van der Waals surface area contributed by atoms with Crippen LogP contribution in [-0.2, 0) is 9.59 Å². The molecule has 2 aliphatic rings. The van der Waals surface area contributed by atoms with E-state index in [2.05, 4.69) is 22.4 Å². The highest BCUT2D eigenvalue weighted by Gasteiger charge is 2.47. The van der Waals surface area contributed by atoms with E-state index < -0.39 is 0 Å². The number of carbonyl (C=O) groups is 2. The summed E-state index contributed by atoms with van der Waals surface area (Å²) in [6, 6.07) is 14.2. The van der Waals surface area contributed by atoms with Gasteiger partial charge in [-0.15, -0.1) is 0 Å². The van der Waals surface area contributed by atoms with Crippen LogP contribution in [0.15, 0.2) is 60.9 Å². The topological polar surface area (TPSA) is 62.3 Å². The molecule has 1 aromatic carbocycles. The minimum Gasteiger partial charge on any atom is -0.348 e. The number of carbonyl (C=O) groups excluding carboxylic acids is 2. The van der Waals surface area contributed by atoms with Gasteiger partial charge in [0.25, 0.3) is 0 Å². The lowest BCUT2D eigenvalue weighted by Crippen LogP contribution is -2.37. The molecular formula is C21H21N3O2. The van der Waals surface area contributed by atoms with Crippen LogP contribution in [0.3, 0.4) is 0 Å². The number of aromatic nitrogens is 1. The molecule has 1 aliphatic carbocycles. The Balaban J connectivity index is 1.31. The number of rotatable bonds is 5. The molecule has 0 unspecified atom stereocenters. The van der Waals surface area contributed by atoms with Crippen LogP contribution in [0.5, 0.6) is 0 Å². The summed E-state index contributed by atoms with van der Waals surface area (Å²) in [4.78, 5) is 30.4. The Morgan fingerprint density at radius 3 is 2.81 bits per heavy atom. The first-order valence-electron chi connectivity index (χ1n) is 8.94. The fourth-order valence-electron chi connectivity index (χ4n) is 3.63. The highest BCUT2D eigenvalue weighted by molar-refractivity contribution is 5.92. The summed E-state index contributed by atoms with van der Waals surface area (Å²) in [5, 5.41) is 2.94. The van der Waals surface area contributed by atoms with E-state index in [4.69, 9.17) is 0 Å². The molecule has 0 spiro atoms. The maximum Gasteiger partial charge on any atom is 0.244 e.